The summed E-state index contributed by atoms with van der Waals surface area (Å²) in [5.41, 5.74) is 0.616. The second-order valence-electron chi connectivity index (χ2n) is 7.33. The Morgan fingerprint density at radius 1 is 1.07 bits per heavy atom. The highest BCUT2D eigenvalue weighted by atomic mass is 32.2. The van der Waals surface area contributed by atoms with Gasteiger partial charge in [-0.2, -0.15) is 0 Å². The largest absolute Gasteiger partial charge is 0.339 e. The van der Waals surface area contributed by atoms with Crippen molar-refractivity contribution < 1.29 is 18.0 Å². The maximum absolute atomic E-state index is 13.0. The number of hydrogen-bond acceptors (Lipinski definition) is 5. The molecule has 4 rings (SSSR count). The molecular weight excluding hydrogens is 376 g/mol. The van der Waals surface area contributed by atoms with E-state index >= 15 is 0 Å². The Balaban J connectivity index is 1.65. The van der Waals surface area contributed by atoms with E-state index in [1.807, 2.05) is 7.05 Å². The number of nitrogens with one attached hydrogen (secondary N) is 1. The molecule has 1 saturated heterocycles. The first-order valence-electron chi connectivity index (χ1n) is 9.40. The van der Waals surface area contributed by atoms with Crippen LogP contribution in [0.5, 0.6) is 0 Å². The first kappa shape index (κ1) is 18.8. The van der Waals surface area contributed by atoms with Crippen molar-refractivity contribution in [3.63, 3.8) is 0 Å². The maximum Gasteiger partial charge on any atom is 0.253 e. The standard InChI is InChI=1S/C21H22N2O4S/c1-22-13-14-8-10-23(11-9-14)21(25)15-6-7-17-19(12-15)28(26,27)18-5-3-2-4-16(18)20(17)24/h2-7,12,14,22H,8-11,13H2,1H3. The fourth-order valence-corrected chi connectivity index (χ4v) is 5.71. The minimum Gasteiger partial charge on any atom is -0.339 e. The van der Waals surface area contributed by atoms with Crippen molar-refractivity contribution in [2.24, 2.45) is 5.92 Å². The number of nitrogens with zero attached hydrogens (tertiary/aromatic N) is 1. The molecule has 2 aliphatic rings. The van der Waals surface area contributed by atoms with Gasteiger partial charge in [-0.25, -0.2) is 8.42 Å². The number of likely N-dealkylation sites (tertiary alicyclic amines) is 1. The Morgan fingerprint density at radius 2 is 1.75 bits per heavy atom. The van der Waals surface area contributed by atoms with E-state index in [0.717, 1.165) is 19.4 Å². The lowest BCUT2D eigenvalue weighted by atomic mass is 9.96. The lowest BCUT2D eigenvalue weighted by Gasteiger charge is -2.32. The van der Waals surface area contributed by atoms with Crippen LogP contribution in [0.2, 0.25) is 0 Å². The maximum atomic E-state index is 13.0. The quantitative estimate of drug-likeness (QED) is 0.731. The molecule has 2 aromatic carbocycles. The van der Waals surface area contributed by atoms with E-state index in [4.69, 9.17) is 0 Å². The van der Waals surface area contributed by atoms with E-state index in [0.29, 0.717) is 24.6 Å². The molecule has 0 saturated carbocycles. The Hall–Kier alpha value is -2.51. The molecule has 2 heterocycles. The number of ketones is 1. The van der Waals surface area contributed by atoms with Crippen LogP contribution in [0, 0.1) is 5.92 Å². The van der Waals surface area contributed by atoms with E-state index in [9.17, 15) is 18.0 Å². The van der Waals surface area contributed by atoms with Crippen LogP contribution in [0.15, 0.2) is 52.3 Å². The van der Waals surface area contributed by atoms with Crippen LogP contribution in [-0.4, -0.2) is 51.7 Å². The van der Waals surface area contributed by atoms with Gasteiger partial charge < -0.3 is 10.2 Å². The van der Waals surface area contributed by atoms with Crippen molar-refractivity contribution in [2.45, 2.75) is 22.6 Å². The van der Waals surface area contributed by atoms with Crippen LogP contribution < -0.4 is 5.32 Å². The van der Waals surface area contributed by atoms with Crippen LogP contribution in [0.3, 0.4) is 0 Å². The van der Waals surface area contributed by atoms with E-state index < -0.39 is 9.84 Å². The summed E-state index contributed by atoms with van der Waals surface area (Å²) in [5.74, 6) is 0.0339. The van der Waals surface area contributed by atoms with Crippen molar-refractivity contribution in [1.82, 2.24) is 10.2 Å². The fraction of sp³-hybridized carbons (Fsp3) is 0.333. The highest BCUT2D eigenvalue weighted by Gasteiger charge is 2.35. The normalized spacial score (nSPS) is 18.5. The minimum atomic E-state index is -3.84. The van der Waals surface area contributed by atoms with Gasteiger partial charge in [-0.05, 0) is 62.7 Å². The molecule has 0 aliphatic carbocycles. The Kier molecular flexibility index (Phi) is 4.81. The minimum absolute atomic E-state index is 0.00461. The molecular formula is C21H22N2O4S. The van der Waals surface area contributed by atoms with Crippen LogP contribution in [-0.2, 0) is 9.84 Å². The molecule has 0 aromatic heterocycles. The molecule has 146 valence electrons. The number of rotatable bonds is 3. The molecule has 2 aromatic rings. The summed E-state index contributed by atoms with van der Waals surface area (Å²) in [4.78, 5) is 27.3. The molecule has 0 unspecified atom stereocenters. The SMILES string of the molecule is CNCC1CCN(C(=O)c2ccc3c(c2)S(=O)(=O)c2ccccc2C3=O)CC1. The first-order valence-corrected chi connectivity index (χ1v) is 10.9. The van der Waals surface area contributed by atoms with Crippen LogP contribution in [0.1, 0.15) is 39.1 Å². The zero-order valence-corrected chi connectivity index (χ0v) is 16.5. The smallest absolute Gasteiger partial charge is 0.253 e. The zero-order chi connectivity index (χ0) is 19.9. The summed E-state index contributed by atoms with van der Waals surface area (Å²) in [6.45, 7) is 2.23. The van der Waals surface area contributed by atoms with Crippen molar-refractivity contribution in [1.29, 1.82) is 0 Å². The van der Waals surface area contributed by atoms with Gasteiger partial charge in [0.1, 0.15) is 0 Å². The van der Waals surface area contributed by atoms with Gasteiger partial charge in [-0.15, -0.1) is 0 Å². The number of hydrogen-bond donors (Lipinski definition) is 1. The Bertz CT molecular complexity index is 1050. The monoisotopic (exact) mass is 398 g/mol. The van der Waals surface area contributed by atoms with E-state index in [-0.39, 0.29) is 32.6 Å². The first-order chi connectivity index (χ1) is 13.4. The molecule has 6 nitrogen and oxygen atoms in total. The molecule has 1 fully saturated rings. The number of carbonyl (C=O) groups excluding carboxylic acids is 2. The van der Waals surface area contributed by atoms with Crippen molar-refractivity contribution in [2.75, 3.05) is 26.7 Å². The number of carbonyl (C=O) groups is 2. The molecule has 0 spiro atoms. The van der Waals surface area contributed by atoms with Gasteiger partial charge in [0.15, 0.2) is 5.78 Å². The summed E-state index contributed by atoms with van der Waals surface area (Å²) >= 11 is 0. The highest BCUT2D eigenvalue weighted by molar-refractivity contribution is 7.91. The molecule has 0 atom stereocenters. The van der Waals surface area contributed by atoms with Gasteiger partial charge in [-0.1, -0.05) is 12.1 Å². The predicted molar refractivity (Wildman–Crippen MR) is 104 cm³/mol. The Labute approximate surface area is 164 Å². The summed E-state index contributed by atoms with van der Waals surface area (Å²) in [5, 5.41) is 3.17. The van der Waals surface area contributed by atoms with E-state index in [1.54, 1.807) is 23.1 Å². The number of fused-ring (bicyclic) bond motifs is 2. The number of piperidine rings is 1. The van der Waals surface area contributed by atoms with Gasteiger partial charge in [0, 0.05) is 29.8 Å². The second kappa shape index (κ2) is 7.14. The molecule has 0 bridgehead atoms. The van der Waals surface area contributed by atoms with Crippen LogP contribution in [0.4, 0.5) is 0 Å². The average Bonchev–Trinajstić information content (AvgIpc) is 2.72. The number of benzene rings is 2. The summed E-state index contributed by atoms with van der Waals surface area (Å²) in [6.07, 6.45) is 1.84. The van der Waals surface area contributed by atoms with Crippen molar-refractivity contribution >= 4 is 21.5 Å². The highest BCUT2D eigenvalue weighted by Crippen LogP contribution is 2.35. The van der Waals surface area contributed by atoms with Gasteiger partial charge in [0.25, 0.3) is 5.91 Å². The van der Waals surface area contributed by atoms with Gasteiger partial charge in [0.05, 0.1) is 9.79 Å². The van der Waals surface area contributed by atoms with Crippen LogP contribution >= 0.6 is 0 Å². The Morgan fingerprint density at radius 3 is 2.46 bits per heavy atom. The third-order valence-corrected chi connectivity index (χ3v) is 7.43. The van der Waals surface area contributed by atoms with Gasteiger partial charge >= 0.3 is 0 Å². The van der Waals surface area contributed by atoms with E-state index in [1.165, 1.54) is 24.3 Å². The topological polar surface area (TPSA) is 83.6 Å². The summed E-state index contributed by atoms with van der Waals surface area (Å²) in [6, 6.07) is 10.6. The van der Waals surface area contributed by atoms with Gasteiger partial charge in [0.2, 0.25) is 9.84 Å². The third-order valence-electron chi connectivity index (χ3n) is 5.58. The van der Waals surface area contributed by atoms with Gasteiger partial charge in [-0.3, -0.25) is 9.59 Å². The fourth-order valence-electron chi connectivity index (χ4n) is 4.03. The van der Waals surface area contributed by atoms with E-state index in [2.05, 4.69) is 5.32 Å². The lowest BCUT2D eigenvalue weighted by molar-refractivity contribution is 0.0690. The molecule has 1 amide bonds. The number of sulfone groups is 1. The molecule has 0 radical (unpaired) electrons. The molecule has 2 aliphatic heterocycles. The predicted octanol–water partition coefficient (Wildman–Crippen LogP) is 2.14. The molecule has 28 heavy (non-hydrogen) atoms. The summed E-state index contributed by atoms with van der Waals surface area (Å²) < 4.78 is 26.0. The molecule has 7 heteroatoms. The van der Waals surface area contributed by atoms with Crippen molar-refractivity contribution in [3.05, 3.63) is 59.2 Å². The molecule has 1 N–H and O–H groups in total. The summed E-state index contributed by atoms with van der Waals surface area (Å²) in [7, 11) is -1.92. The lowest BCUT2D eigenvalue weighted by Crippen LogP contribution is -2.40. The average molecular weight is 398 g/mol. The van der Waals surface area contributed by atoms with Crippen molar-refractivity contribution in [3.8, 4) is 0 Å². The second-order valence-corrected chi connectivity index (χ2v) is 9.22. The zero-order valence-electron chi connectivity index (χ0n) is 15.6. The third kappa shape index (κ3) is 3.04. The van der Waals surface area contributed by atoms with Crippen LogP contribution in [0.25, 0.3) is 0 Å². The number of amides is 1.